The van der Waals surface area contributed by atoms with Gasteiger partial charge < -0.3 is 14.4 Å². The van der Waals surface area contributed by atoms with Crippen LogP contribution in [0.4, 0.5) is 0 Å². The number of carboxylic acids is 1. The van der Waals surface area contributed by atoms with Crippen molar-refractivity contribution < 1.29 is 14.6 Å². The van der Waals surface area contributed by atoms with E-state index in [1.165, 1.54) is 26.4 Å². The number of methoxy groups -OCH3 is 1. The number of carboxylic acid groups (broad SMARTS) is 1. The summed E-state index contributed by atoms with van der Waals surface area (Å²) in [6, 6.07) is 9.08. The van der Waals surface area contributed by atoms with Gasteiger partial charge in [-0.15, -0.1) is 0 Å². The van der Waals surface area contributed by atoms with Crippen molar-refractivity contribution in [3.05, 3.63) is 51.1 Å². The molecular formula is C22H22ClNO4. The van der Waals surface area contributed by atoms with Crippen molar-refractivity contribution in [2.24, 2.45) is 0 Å². The van der Waals surface area contributed by atoms with Gasteiger partial charge in [-0.2, -0.15) is 0 Å². The molecular weight excluding hydrogens is 378 g/mol. The van der Waals surface area contributed by atoms with Gasteiger partial charge in [0.25, 0.3) is 0 Å². The van der Waals surface area contributed by atoms with Crippen molar-refractivity contribution in [3.63, 3.8) is 0 Å². The molecule has 0 bridgehead atoms. The van der Waals surface area contributed by atoms with Gasteiger partial charge >= 0.3 is 5.97 Å². The zero-order chi connectivity index (χ0) is 19.8. The summed E-state index contributed by atoms with van der Waals surface area (Å²) < 4.78 is 7.09. The molecule has 0 saturated heterocycles. The molecule has 1 N–H and O–H groups in total. The normalized spacial score (nSPS) is 15.2. The number of rotatable bonds is 4. The van der Waals surface area contributed by atoms with Gasteiger partial charge in [0.2, 0.25) is 0 Å². The number of carbonyl (C=O) groups is 1. The van der Waals surface area contributed by atoms with Gasteiger partial charge in [-0.05, 0) is 48.6 Å². The first-order valence-electron chi connectivity index (χ1n) is 9.55. The number of hydrogen-bond acceptors (Lipinski definition) is 3. The molecule has 1 heterocycles. The SMILES string of the molecule is COc1c(Cl)ccc2c(=O)c3ccc(C4CCCCC4)cc3n(CC(=O)O)c12. The third-order valence-corrected chi connectivity index (χ3v) is 6.03. The maximum Gasteiger partial charge on any atom is 0.323 e. The fourth-order valence-corrected chi connectivity index (χ4v) is 4.64. The lowest BCUT2D eigenvalue weighted by Crippen LogP contribution is -2.17. The number of fused-ring (bicyclic) bond motifs is 2. The lowest BCUT2D eigenvalue weighted by Gasteiger charge is -2.23. The molecule has 0 amide bonds. The van der Waals surface area contributed by atoms with Crippen molar-refractivity contribution >= 4 is 39.4 Å². The first-order chi connectivity index (χ1) is 13.5. The van der Waals surface area contributed by atoms with Gasteiger partial charge in [-0.25, -0.2) is 0 Å². The summed E-state index contributed by atoms with van der Waals surface area (Å²) in [6.45, 7) is -0.280. The van der Waals surface area contributed by atoms with Crippen LogP contribution in [0.2, 0.25) is 5.02 Å². The molecule has 146 valence electrons. The molecule has 1 aliphatic rings. The molecule has 5 nitrogen and oxygen atoms in total. The van der Waals surface area contributed by atoms with Crippen molar-refractivity contribution in [2.75, 3.05) is 7.11 Å². The average molecular weight is 400 g/mol. The third kappa shape index (κ3) is 3.14. The first-order valence-corrected chi connectivity index (χ1v) is 9.93. The Labute approximate surface area is 167 Å². The lowest BCUT2D eigenvalue weighted by atomic mass is 9.84. The first kappa shape index (κ1) is 18.8. The Morgan fingerprint density at radius 3 is 2.57 bits per heavy atom. The van der Waals surface area contributed by atoms with Crippen LogP contribution in [0.15, 0.2) is 35.1 Å². The number of benzene rings is 2. The summed E-state index contributed by atoms with van der Waals surface area (Å²) in [4.78, 5) is 24.8. The summed E-state index contributed by atoms with van der Waals surface area (Å²) in [5.74, 6) is -0.220. The van der Waals surface area contributed by atoms with E-state index in [4.69, 9.17) is 16.3 Å². The Kier molecular flexibility index (Phi) is 5.02. The molecule has 0 unspecified atom stereocenters. The van der Waals surface area contributed by atoms with E-state index >= 15 is 0 Å². The molecule has 1 fully saturated rings. The van der Waals surface area contributed by atoms with Crippen molar-refractivity contribution in [3.8, 4) is 5.75 Å². The number of aliphatic carboxylic acids is 1. The van der Waals surface area contributed by atoms with Crippen LogP contribution in [0, 0.1) is 0 Å². The summed E-state index contributed by atoms with van der Waals surface area (Å²) in [5, 5.41) is 10.8. The minimum Gasteiger partial charge on any atom is -0.493 e. The Hall–Kier alpha value is -2.53. The minimum atomic E-state index is -0.989. The molecule has 0 spiro atoms. The summed E-state index contributed by atoms with van der Waals surface area (Å²) in [7, 11) is 1.47. The second kappa shape index (κ2) is 7.47. The highest BCUT2D eigenvalue weighted by Crippen LogP contribution is 2.37. The van der Waals surface area contributed by atoms with E-state index in [1.54, 1.807) is 16.7 Å². The van der Waals surface area contributed by atoms with Crippen molar-refractivity contribution in [1.29, 1.82) is 0 Å². The number of pyridine rings is 1. The molecule has 28 heavy (non-hydrogen) atoms. The van der Waals surface area contributed by atoms with E-state index in [9.17, 15) is 14.7 Å². The van der Waals surface area contributed by atoms with E-state index in [1.807, 2.05) is 18.2 Å². The second-order valence-electron chi connectivity index (χ2n) is 7.40. The largest absolute Gasteiger partial charge is 0.493 e. The molecule has 0 aliphatic heterocycles. The Morgan fingerprint density at radius 2 is 1.89 bits per heavy atom. The van der Waals surface area contributed by atoms with Crippen LogP contribution >= 0.6 is 11.6 Å². The molecule has 6 heteroatoms. The number of halogens is 1. The van der Waals surface area contributed by atoms with Gasteiger partial charge in [0.1, 0.15) is 6.54 Å². The Balaban J connectivity index is 2.08. The van der Waals surface area contributed by atoms with Crippen molar-refractivity contribution in [1.82, 2.24) is 4.57 Å². The van der Waals surface area contributed by atoms with E-state index < -0.39 is 5.97 Å². The van der Waals surface area contributed by atoms with Gasteiger partial charge in [-0.3, -0.25) is 9.59 Å². The molecule has 0 radical (unpaired) electrons. The predicted molar refractivity (Wildman–Crippen MR) is 111 cm³/mol. The molecule has 0 atom stereocenters. The summed E-state index contributed by atoms with van der Waals surface area (Å²) >= 11 is 6.28. The highest BCUT2D eigenvalue weighted by molar-refractivity contribution is 6.33. The van der Waals surface area contributed by atoms with Gasteiger partial charge in [0.15, 0.2) is 11.2 Å². The fourth-order valence-electron chi connectivity index (χ4n) is 4.41. The smallest absolute Gasteiger partial charge is 0.323 e. The van der Waals surface area contributed by atoms with Crippen LogP contribution in [-0.4, -0.2) is 22.8 Å². The van der Waals surface area contributed by atoms with Crippen LogP contribution in [-0.2, 0) is 11.3 Å². The van der Waals surface area contributed by atoms with Gasteiger partial charge in [-0.1, -0.05) is 36.9 Å². The van der Waals surface area contributed by atoms with Crippen LogP contribution in [0.1, 0.15) is 43.6 Å². The van der Waals surface area contributed by atoms with E-state index in [2.05, 4.69) is 0 Å². The predicted octanol–water partition coefficient (Wildman–Crippen LogP) is 4.95. The number of ether oxygens (including phenoxy) is 1. The topological polar surface area (TPSA) is 68.5 Å². The highest BCUT2D eigenvalue weighted by Gasteiger charge is 2.21. The molecule has 1 aromatic heterocycles. The second-order valence-corrected chi connectivity index (χ2v) is 7.80. The van der Waals surface area contributed by atoms with E-state index in [0.717, 1.165) is 18.4 Å². The zero-order valence-electron chi connectivity index (χ0n) is 15.7. The maximum absolute atomic E-state index is 13.1. The van der Waals surface area contributed by atoms with E-state index in [0.29, 0.717) is 38.5 Å². The van der Waals surface area contributed by atoms with Crippen LogP contribution in [0.25, 0.3) is 21.8 Å². The molecule has 4 rings (SSSR count). The molecule has 3 aromatic rings. The van der Waals surface area contributed by atoms with Crippen LogP contribution < -0.4 is 10.2 Å². The number of hydrogen-bond donors (Lipinski definition) is 1. The highest BCUT2D eigenvalue weighted by atomic mass is 35.5. The molecule has 2 aromatic carbocycles. The van der Waals surface area contributed by atoms with E-state index in [-0.39, 0.29) is 12.0 Å². The quantitative estimate of drug-likeness (QED) is 0.630. The van der Waals surface area contributed by atoms with Crippen LogP contribution in [0.3, 0.4) is 0 Å². The standard InChI is InChI=1S/C22H22ClNO4/c1-28-22-17(23)10-9-16-20(22)24(12-19(25)26)18-11-14(7-8-15(18)21(16)27)13-5-3-2-4-6-13/h7-11,13H,2-6,12H2,1H3,(H,25,26). The van der Waals surface area contributed by atoms with Gasteiger partial charge in [0, 0.05) is 5.39 Å². The Bertz CT molecular complexity index is 1130. The number of nitrogens with zero attached hydrogens (tertiary/aromatic N) is 1. The van der Waals surface area contributed by atoms with Crippen LogP contribution in [0.5, 0.6) is 5.75 Å². The Morgan fingerprint density at radius 1 is 1.18 bits per heavy atom. The zero-order valence-corrected chi connectivity index (χ0v) is 16.5. The van der Waals surface area contributed by atoms with Gasteiger partial charge in [0.05, 0.1) is 28.6 Å². The fraction of sp³-hybridized carbons (Fsp3) is 0.364. The van der Waals surface area contributed by atoms with Crippen molar-refractivity contribution in [2.45, 2.75) is 44.6 Å². The average Bonchev–Trinajstić information content (AvgIpc) is 2.71. The third-order valence-electron chi connectivity index (χ3n) is 5.73. The molecule has 1 aliphatic carbocycles. The lowest BCUT2D eigenvalue weighted by molar-refractivity contribution is -0.137. The number of aromatic nitrogens is 1. The molecule has 1 saturated carbocycles. The summed E-state index contributed by atoms with van der Waals surface area (Å²) in [6.07, 6.45) is 5.90. The minimum absolute atomic E-state index is 0.142. The monoisotopic (exact) mass is 399 g/mol. The maximum atomic E-state index is 13.1. The summed E-state index contributed by atoms with van der Waals surface area (Å²) in [5.41, 5.74) is 2.06.